The van der Waals surface area contributed by atoms with Crippen LogP contribution in [-0.2, 0) is 27.7 Å². The summed E-state index contributed by atoms with van der Waals surface area (Å²) in [4.78, 5) is 29.2. The summed E-state index contributed by atoms with van der Waals surface area (Å²) in [6.45, 7) is 8.28. The SMILES string of the molecule is COC(=O)c1c(NC(=O)c2ccc(S(=O)(=O)N3CCCC[C@H]3C)cc2)sc2c1CCN(C(C)C)C2. The predicted molar refractivity (Wildman–Crippen MR) is 137 cm³/mol. The molecule has 1 amide bonds. The number of nitrogens with one attached hydrogen (secondary N) is 1. The van der Waals surface area contributed by atoms with Crippen LogP contribution in [-0.4, -0.2) is 61.8 Å². The average Bonchev–Trinajstić information content (AvgIpc) is 3.20. The number of hydrogen-bond acceptors (Lipinski definition) is 7. The van der Waals surface area contributed by atoms with Crippen molar-refractivity contribution in [2.24, 2.45) is 0 Å². The van der Waals surface area contributed by atoms with Crippen molar-refractivity contribution in [3.8, 4) is 0 Å². The Morgan fingerprint density at radius 2 is 1.86 bits per heavy atom. The number of esters is 1. The number of benzene rings is 1. The van der Waals surface area contributed by atoms with E-state index in [-0.39, 0.29) is 10.9 Å². The van der Waals surface area contributed by atoms with Gasteiger partial charge >= 0.3 is 5.97 Å². The van der Waals surface area contributed by atoms with Crippen LogP contribution in [0.15, 0.2) is 29.2 Å². The van der Waals surface area contributed by atoms with Crippen LogP contribution in [0, 0.1) is 0 Å². The number of carbonyl (C=O) groups is 2. The molecule has 0 spiro atoms. The van der Waals surface area contributed by atoms with Crippen molar-refractivity contribution in [1.29, 1.82) is 0 Å². The Morgan fingerprint density at radius 1 is 1.14 bits per heavy atom. The first-order valence-corrected chi connectivity index (χ1v) is 14.3. The maximum absolute atomic E-state index is 13.1. The van der Waals surface area contributed by atoms with Crippen molar-refractivity contribution in [2.75, 3.05) is 25.5 Å². The van der Waals surface area contributed by atoms with Gasteiger partial charge in [0.1, 0.15) is 5.00 Å². The summed E-state index contributed by atoms with van der Waals surface area (Å²) in [7, 11) is -2.27. The molecule has 4 rings (SSSR count). The molecule has 10 heteroatoms. The van der Waals surface area contributed by atoms with E-state index < -0.39 is 21.9 Å². The van der Waals surface area contributed by atoms with E-state index in [1.807, 2.05) is 6.92 Å². The molecule has 1 fully saturated rings. The maximum Gasteiger partial charge on any atom is 0.341 e. The van der Waals surface area contributed by atoms with Crippen molar-refractivity contribution in [3.63, 3.8) is 0 Å². The zero-order valence-corrected chi connectivity index (χ0v) is 22.3. The van der Waals surface area contributed by atoms with E-state index in [9.17, 15) is 18.0 Å². The Kier molecular flexibility index (Phi) is 7.65. The molecule has 2 aliphatic heterocycles. The molecular formula is C25H33N3O5S2. The molecule has 0 unspecified atom stereocenters. The summed E-state index contributed by atoms with van der Waals surface area (Å²) < 4.78 is 32.7. The fourth-order valence-corrected chi connectivity index (χ4v) is 7.74. The number of nitrogens with zero attached hydrogens (tertiary/aromatic N) is 2. The van der Waals surface area contributed by atoms with E-state index in [2.05, 4.69) is 24.1 Å². The summed E-state index contributed by atoms with van der Waals surface area (Å²) in [5.41, 5.74) is 1.68. The Morgan fingerprint density at radius 3 is 2.49 bits per heavy atom. The van der Waals surface area contributed by atoms with E-state index in [4.69, 9.17) is 4.74 Å². The average molecular weight is 520 g/mol. The van der Waals surface area contributed by atoms with Crippen molar-refractivity contribution in [1.82, 2.24) is 9.21 Å². The molecule has 0 aliphatic carbocycles. The van der Waals surface area contributed by atoms with Gasteiger partial charge in [-0.1, -0.05) is 6.42 Å². The molecule has 0 bridgehead atoms. The Labute approximate surface area is 211 Å². The lowest BCUT2D eigenvalue weighted by Gasteiger charge is -2.32. The van der Waals surface area contributed by atoms with Gasteiger partial charge in [-0.15, -0.1) is 11.3 Å². The molecule has 1 atom stereocenters. The Bertz CT molecular complexity index is 1200. The lowest BCUT2D eigenvalue weighted by Crippen LogP contribution is -2.41. The summed E-state index contributed by atoms with van der Waals surface area (Å²) in [6.07, 6.45) is 3.45. The van der Waals surface area contributed by atoms with E-state index in [0.717, 1.165) is 42.8 Å². The van der Waals surface area contributed by atoms with Gasteiger partial charge in [0.2, 0.25) is 10.0 Å². The summed E-state index contributed by atoms with van der Waals surface area (Å²) in [6, 6.07) is 6.34. The van der Waals surface area contributed by atoms with Gasteiger partial charge in [0.15, 0.2) is 0 Å². The lowest BCUT2D eigenvalue weighted by atomic mass is 10.0. The molecule has 0 radical (unpaired) electrons. The zero-order valence-electron chi connectivity index (χ0n) is 20.7. The molecule has 1 aromatic carbocycles. The second kappa shape index (κ2) is 10.4. The fraction of sp³-hybridized carbons (Fsp3) is 0.520. The normalized spacial score (nSPS) is 19.4. The largest absolute Gasteiger partial charge is 0.465 e. The molecule has 190 valence electrons. The smallest absolute Gasteiger partial charge is 0.341 e. The molecule has 1 aromatic heterocycles. The molecule has 1 saturated heterocycles. The van der Waals surface area contributed by atoms with Crippen LogP contribution in [0.4, 0.5) is 5.00 Å². The van der Waals surface area contributed by atoms with Gasteiger partial charge in [-0.05, 0) is 69.9 Å². The third-order valence-corrected chi connectivity index (χ3v) is 10.1. The van der Waals surface area contributed by atoms with Crippen LogP contribution < -0.4 is 5.32 Å². The van der Waals surface area contributed by atoms with Gasteiger partial charge in [0.25, 0.3) is 5.91 Å². The number of fused-ring (bicyclic) bond motifs is 1. The van der Waals surface area contributed by atoms with Gasteiger partial charge in [-0.2, -0.15) is 4.31 Å². The first-order chi connectivity index (χ1) is 16.6. The highest BCUT2D eigenvalue weighted by molar-refractivity contribution is 7.89. The number of piperidine rings is 1. The van der Waals surface area contributed by atoms with E-state index in [1.165, 1.54) is 42.7 Å². The molecule has 35 heavy (non-hydrogen) atoms. The van der Waals surface area contributed by atoms with Crippen LogP contribution >= 0.6 is 11.3 Å². The van der Waals surface area contributed by atoms with Crippen LogP contribution in [0.5, 0.6) is 0 Å². The Hall–Kier alpha value is -2.27. The van der Waals surface area contributed by atoms with Gasteiger partial charge in [0.05, 0.1) is 17.6 Å². The number of anilines is 1. The van der Waals surface area contributed by atoms with Crippen molar-refractivity contribution < 1.29 is 22.7 Å². The first kappa shape index (κ1) is 25.8. The van der Waals surface area contributed by atoms with Crippen molar-refractivity contribution in [2.45, 2.75) is 70.0 Å². The number of sulfonamides is 1. The topological polar surface area (TPSA) is 96.0 Å². The van der Waals surface area contributed by atoms with Gasteiger partial charge < -0.3 is 10.1 Å². The molecule has 8 nitrogen and oxygen atoms in total. The minimum absolute atomic E-state index is 0.0371. The summed E-state index contributed by atoms with van der Waals surface area (Å²) in [5, 5.41) is 3.34. The Balaban J connectivity index is 1.56. The fourth-order valence-electron chi connectivity index (χ4n) is 4.79. The van der Waals surface area contributed by atoms with Crippen LogP contribution in [0.2, 0.25) is 0 Å². The van der Waals surface area contributed by atoms with Gasteiger partial charge in [0, 0.05) is 42.2 Å². The number of hydrogen-bond donors (Lipinski definition) is 1. The van der Waals surface area contributed by atoms with Crippen molar-refractivity contribution >= 4 is 38.2 Å². The van der Waals surface area contributed by atoms with Gasteiger partial charge in [-0.25, -0.2) is 13.2 Å². The first-order valence-electron chi connectivity index (χ1n) is 12.0. The molecule has 1 N–H and O–H groups in total. The second-order valence-corrected chi connectivity index (χ2v) is 12.4. The van der Waals surface area contributed by atoms with E-state index in [1.54, 1.807) is 4.31 Å². The minimum Gasteiger partial charge on any atom is -0.465 e. The summed E-state index contributed by atoms with van der Waals surface area (Å²) >= 11 is 1.40. The molecule has 2 aromatic rings. The second-order valence-electron chi connectivity index (χ2n) is 9.45. The summed E-state index contributed by atoms with van der Waals surface area (Å²) in [5.74, 6) is -0.863. The molecule has 2 aliphatic rings. The molecule has 3 heterocycles. The van der Waals surface area contributed by atoms with Crippen LogP contribution in [0.25, 0.3) is 0 Å². The maximum atomic E-state index is 13.1. The number of carbonyl (C=O) groups excluding carboxylic acids is 2. The molecular weight excluding hydrogens is 486 g/mol. The lowest BCUT2D eigenvalue weighted by molar-refractivity contribution is 0.0600. The predicted octanol–water partition coefficient (Wildman–Crippen LogP) is 4.12. The van der Waals surface area contributed by atoms with Crippen molar-refractivity contribution in [3.05, 3.63) is 45.8 Å². The highest BCUT2D eigenvalue weighted by Gasteiger charge is 2.32. The highest BCUT2D eigenvalue weighted by atomic mass is 32.2. The quantitative estimate of drug-likeness (QED) is 0.577. The molecule has 0 saturated carbocycles. The number of methoxy groups -OCH3 is 1. The third kappa shape index (κ3) is 5.16. The van der Waals surface area contributed by atoms with E-state index >= 15 is 0 Å². The number of amides is 1. The highest BCUT2D eigenvalue weighted by Crippen LogP contribution is 2.38. The number of thiophene rings is 1. The zero-order chi connectivity index (χ0) is 25.3. The van der Waals surface area contributed by atoms with Crippen LogP contribution in [0.3, 0.4) is 0 Å². The minimum atomic E-state index is -3.61. The third-order valence-electron chi connectivity index (χ3n) is 6.90. The number of rotatable bonds is 6. The standard InChI is InChI=1S/C25H33N3O5S2/c1-16(2)27-14-12-20-21(15-27)34-24(22(20)25(30)33-4)26-23(29)18-8-10-19(11-9-18)35(31,32)28-13-6-5-7-17(28)3/h8-11,16-17H,5-7,12-15H2,1-4H3,(H,26,29)/t17-/m1/s1. The monoisotopic (exact) mass is 519 g/mol. The van der Waals surface area contributed by atoms with Gasteiger partial charge in [-0.3, -0.25) is 9.69 Å². The number of ether oxygens (including phenoxy) is 1. The van der Waals surface area contributed by atoms with E-state index in [0.29, 0.717) is 35.1 Å². The van der Waals surface area contributed by atoms with Crippen LogP contribution in [0.1, 0.15) is 71.2 Å².